The van der Waals surface area contributed by atoms with Crippen molar-refractivity contribution >= 4 is 11.9 Å². The third-order valence-electron chi connectivity index (χ3n) is 3.37. The van der Waals surface area contributed by atoms with Gasteiger partial charge in [0.2, 0.25) is 0 Å². The second-order valence-corrected chi connectivity index (χ2v) is 6.13. The largest absolute Gasteiger partial charge is 0.457 e. The maximum Gasteiger partial charge on any atom is 0.270 e. The van der Waals surface area contributed by atoms with Gasteiger partial charge in [-0.15, -0.1) is 0 Å². The minimum Gasteiger partial charge on any atom is -0.457 e. The number of nitrogens with zero attached hydrogens (tertiary/aromatic N) is 2. The van der Waals surface area contributed by atoms with Gasteiger partial charge in [-0.1, -0.05) is 32.9 Å². The molecule has 0 aliphatic rings. The van der Waals surface area contributed by atoms with Gasteiger partial charge >= 0.3 is 0 Å². The Kier molecular flexibility index (Phi) is 4.64. The highest BCUT2D eigenvalue weighted by Crippen LogP contribution is 2.30. The van der Waals surface area contributed by atoms with E-state index in [1.165, 1.54) is 30.0 Å². The van der Waals surface area contributed by atoms with E-state index in [0.717, 1.165) is 0 Å². The molecule has 0 heterocycles. The number of hydrazone groups is 1. The quantitative estimate of drug-likeness (QED) is 0.400. The zero-order valence-electron chi connectivity index (χ0n) is 13.3. The van der Waals surface area contributed by atoms with E-state index in [1.807, 2.05) is 24.3 Å². The molecule has 0 unspecified atom stereocenters. The van der Waals surface area contributed by atoms with E-state index in [1.54, 1.807) is 0 Å². The van der Waals surface area contributed by atoms with E-state index in [-0.39, 0.29) is 11.1 Å². The number of benzene rings is 2. The molecule has 6 heteroatoms. The number of nitro benzene ring substituents is 1. The van der Waals surface area contributed by atoms with Crippen molar-refractivity contribution in [3.05, 3.63) is 63.7 Å². The molecule has 0 saturated heterocycles. The van der Waals surface area contributed by atoms with Gasteiger partial charge in [-0.3, -0.25) is 10.1 Å². The van der Waals surface area contributed by atoms with Gasteiger partial charge in [0.1, 0.15) is 11.5 Å². The van der Waals surface area contributed by atoms with Crippen LogP contribution in [0.25, 0.3) is 0 Å². The van der Waals surface area contributed by atoms with Gasteiger partial charge in [0.25, 0.3) is 5.69 Å². The van der Waals surface area contributed by atoms with Crippen molar-refractivity contribution in [1.29, 1.82) is 0 Å². The van der Waals surface area contributed by atoms with E-state index < -0.39 is 4.92 Å². The summed E-state index contributed by atoms with van der Waals surface area (Å²) in [5, 5.41) is 14.3. The van der Waals surface area contributed by atoms with Crippen molar-refractivity contribution < 1.29 is 9.66 Å². The van der Waals surface area contributed by atoms with E-state index in [4.69, 9.17) is 10.6 Å². The van der Waals surface area contributed by atoms with Crippen molar-refractivity contribution in [2.75, 3.05) is 0 Å². The first-order chi connectivity index (χ1) is 10.8. The summed E-state index contributed by atoms with van der Waals surface area (Å²) in [6.45, 7) is 6.40. The second kappa shape index (κ2) is 6.48. The minimum atomic E-state index is -0.476. The normalized spacial score (nSPS) is 11.6. The zero-order chi connectivity index (χ0) is 17.0. The fraction of sp³-hybridized carbons (Fsp3) is 0.235. The first kappa shape index (κ1) is 16.5. The van der Waals surface area contributed by atoms with Crippen molar-refractivity contribution in [2.24, 2.45) is 10.9 Å². The summed E-state index contributed by atoms with van der Waals surface area (Å²) in [6, 6.07) is 12.0. The number of nitro groups is 1. The monoisotopic (exact) mass is 313 g/mol. The van der Waals surface area contributed by atoms with Crippen LogP contribution in [0.2, 0.25) is 0 Å². The highest BCUT2D eigenvalue weighted by Gasteiger charge is 2.14. The van der Waals surface area contributed by atoms with Crippen LogP contribution in [0.1, 0.15) is 31.9 Å². The van der Waals surface area contributed by atoms with Crippen LogP contribution in [0.3, 0.4) is 0 Å². The molecular formula is C17H19N3O3. The fourth-order valence-electron chi connectivity index (χ4n) is 2.07. The summed E-state index contributed by atoms with van der Waals surface area (Å²) >= 11 is 0. The molecule has 2 rings (SSSR count). The molecule has 0 atom stereocenters. The third kappa shape index (κ3) is 4.06. The average molecular weight is 313 g/mol. The second-order valence-electron chi connectivity index (χ2n) is 6.13. The Balaban J connectivity index is 2.30. The van der Waals surface area contributed by atoms with Gasteiger partial charge in [-0.25, -0.2) is 0 Å². The van der Waals surface area contributed by atoms with Gasteiger partial charge in [0, 0.05) is 17.7 Å². The average Bonchev–Trinajstić information content (AvgIpc) is 2.48. The molecule has 0 spiro atoms. The van der Waals surface area contributed by atoms with Gasteiger partial charge in [0.15, 0.2) is 0 Å². The van der Waals surface area contributed by atoms with Crippen LogP contribution in [-0.4, -0.2) is 11.1 Å². The minimum absolute atomic E-state index is 0.0460. The number of non-ortho nitro benzene ring substituents is 1. The Labute approximate surface area is 134 Å². The fourth-order valence-corrected chi connectivity index (χ4v) is 2.07. The molecule has 2 N–H and O–H groups in total. The summed E-state index contributed by atoms with van der Waals surface area (Å²) in [5.41, 5.74) is 1.65. The lowest BCUT2D eigenvalue weighted by atomic mass is 9.87. The Bertz CT molecular complexity index is 732. The first-order valence-corrected chi connectivity index (χ1v) is 7.11. The first-order valence-electron chi connectivity index (χ1n) is 7.11. The van der Waals surface area contributed by atoms with Crippen LogP contribution in [0.15, 0.2) is 47.6 Å². The number of hydrogen-bond donors (Lipinski definition) is 1. The van der Waals surface area contributed by atoms with Crippen LogP contribution in [0.5, 0.6) is 11.5 Å². The van der Waals surface area contributed by atoms with Crippen molar-refractivity contribution in [3.8, 4) is 11.5 Å². The van der Waals surface area contributed by atoms with E-state index in [0.29, 0.717) is 17.1 Å². The Morgan fingerprint density at radius 1 is 1.17 bits per heavy atom. The van der Waals surface area contributed by atoms with Crippen molar-refractivity contribution in [2.45, 2.75) is 26.2 Å². The summed E-state index contributed by atoms with van der Waals surface area (Å²) in [4.78, 5) is 10.4. The molecule has 2 aromatic rings. The molecule has 0 radical (unpaired) electrons. The van der Waals surface area contributed by atoms with Crippen LogP contribution >= 0.6 is 0 Å². The maximum absolute atomic E-state index is 10.8. The summed E-state index contributed by atoms with van der Waals surface area (Å²) in [7, 11) is 0. The van der Waals surface area contributed by atoms with Crippen LogP contribution in [0, 0.1) is 10.1 Å². The van der Waals surface area contributed by atoms with Gasteiger partial charge < -0.3 is 10.6 Å². The number of hydrogen-bond acceptors (Lipinski definition) is 5. The molecule has 0 fully saturated rings. The van der Waals surface area contributed by atoms with Crippen LogP contribution in [0.4, 0.5) is 5.69 Å². The lowest BCUT2D eigenvalue weighted by Crippen LogP contribution is -2.10. The molecule has 120 valence electrons. The highest BCUT2D eigenvalue weighted by atomic mass is 16.6. The predicted molar refractivity (Wildman–Crippen MR) is 90.1 cm³/mol. The predicted octanol–water partition coefficient (Wildman–Crippen LogP) is 3.98. The van der Waals surface area contributed by atoms with Gasteiger partial charge in [-0.05, 0) is 29.2 Å². The highest BCUT2D eigenvalue weighted by molar-refractivity contribution is 5.84. The van der Waals surface area contributed by atoms with E-state index in [9.17, 15) is 10.1 Å². The van der Waals surface area contributed by atoms with Crippen LogP contribution < -0.4 is 10.6 Å². The zero-order valence-corrected chi connectivity index (χ0v) is 13.3. The standard InChI is InChI=1S/C17H19N3O3/c1-17(2,3)13-4-7-15(8-5-13)23-16-9-6-14(20(21)22)10-12(16)11-19-18/h4-11H,18H2,1-3H3. The number of ether oxygens (including phenoxy) is 1. The van der Waals surface area contributed by atoms with Gasteiger partial charge in [-0.2, -0.15) is 5.10 Å². The topological polar surface area (TPSA) is 90.8 Å². The summed E-state index contributed by atoms with van der Waals surface area (Å²) in [5.74, 6) is 6.25. The molecular weight excluding hydrogens is 294 g/mol. The molecule has 0 aromatic heterocycles. The lowest BCUT2D eigenvalue weighted by molar-refractivity contribution is -0.384. The number of nitrogens with two attached hydrogens (primary N) is 1. The molecule has 0 amide bonds. The third-order valence-corrected chi connectivity index (χ3v) is 3.37. The molecule has 0 aliphatic heterocycles. The van der Waals surface area contributed by atoms with Crippen LogP contribution in [-0.2, 0) is 5.41 Å². The summed E-state index contributed by atoms with van der Waals surface area (Å²) in [6.07, 6.45) is 1.33. The molecule has 2 aromatic carbocycles. The SMILES string of the molecule is CC(C)(C)c1ccc(Oc2ccc([N+](=O)[O-])cc2C=NN)cc1. The molecule has 0 bridgehead atoms. The lowest BCUT2D eigenvalue weighted by Gasteiger charge is -2.19. The molecule has 23 heavy (non-hydrogen) atoms. The summed E-state index contributed by atoms with van der Waals surface area (Å²) < 4.78 is 5.80. The Morgan fingerprint density at radius 3 is 2.35 bits per heavy atom. The molecule has 0 aliphatic carbocycles. The Morgan fingerprint density at radius 2 is 1.83 bits per heavy atom. The van der Waals surface area contributed by atoms with Crippen molar-refractivity contribution in [1.82, 2.24) is 0 Å². The molecule has 0 saturated carbocycles. The van der Waals surface area contributed by atoms with E-state index >= 15 is 0 Å². The van der Waals surface area contributed by atoms with Crippen molar-refractivity contribution in [3.63, 3.8) is 0 Å². The smallest absolute Gasteiger partial charge is 0.270 e. The van der Waals surface area contributed by atoms with E-state index in [2.05, 4.69) is 25.9 Å². The number of rotatable bonds is 4. The Hall–Kier alpha value is -2.89. The maximum atomic E-state index is 10.8. The van der Waals surface area contributed by atoms with Gasteiger partial charge in [0.05, 0.1) is 11.1 Å². The molecule has 6 nitrogen and oxygen atoms in total.